The van der Waals surface area contributed by atoms with Gasteiger partial charge >= 0.3 is 0 Å². The van der Waals surface area contributed by atoms with Crippen molar-refractivity contribution in [2.45, 2.75) is 92.7 Å². The van der Waals surface area contributed by atoms with Gasteiger partial charge in [0.2, 0.25) is 5.91 Å². The molecule has 37 heavy (non-hydrogen) atoms. The number of rotatable bonds is 12. The van der Waals surface area contributed by atoms with E-state index in [-0.39, 0.29) is 6.29 Å². The van der Waals surface area contributed by atoms with Crippen LogP contribution in [0.15, 0.2) is 0 Å². The number of hydrogen-bond donors (Lipinski definition) is 11. The number of nitrogens with one attached hydrogen (secondary N) is 1. The van der Waals surface area contributed by atoms with E-state index in [0.717, 1.165) is 6.92 Å². The molecule has 2 heterocycles. The molecule has 0 aromatic carbocycles. The summed E-state index contributed by atoms with van der Waals surface area (Å²) >= 11 is 0. The summed E-state index contributed by atoms with van der Waals surface area (Å²) in [6.45, 7) is -1.59. The van der Waals surface area contributed by atoms with E-state index in [9.17, 15) is 60.7 Å². The van der Waals surface area contributed by atoms with E-state index in [1.54, 1.807) is 0 Å². The Morgan fingerprint density at radius 2 is 1.49 bits per heavy atom. The fourth-order valence-corrected chi connectivity index (χ4v) is 4.00. The van der Waals surface area contributed by atoms with Crippen molar-refractivity contribution in [3.63, 3.8) is 0 Å². The summed E-state index contributed by atoms with van der Waals surface area (Å²) in [6.07, 6.45) is -23.6. The zero-order valence-electron chi connectivity index (χ0n) is 19.7. The fourth-order valence-electron chi connectivity index (χ4n) is 4.00. The number of carbonyl (C=O) groups is 2. The summed E-state index contributed by atoms with van der Waals surface area (Å²) < 4.78 is 21.6. The lowest BCUT2D eigenvalue weighted by Crippen LogP contribution is -2.68. The van der Waals surface area contributed by atoms with Crippen LogP contribution in [0, 0.1) is 0 Å². The van der Waals surface area contributed by atoms with E-state index < -0.39 is 111 Å². The third-order valence-corrected chi connectivity index (χ3v) is 6.05. The van der Waals surface area contributed by atoms with Crippen LogP contribution in [0.25, 0.3) is 0 Å². The van der Waals surface area contributed by atoms with Crippen molar-refractivity contribution in [3.8, 4) is 0 Å². The van der Waals surface area contributed by atoms with Crippen molar-refractivity contribution in [2.75, 3.05) is 19.8 Å². The first-order valence-corrected chi connectivity index (χ1v) is 11.3. The van der Waals surface area contributed by atoms with Crippen LogP contribution in [0.3, 0.4) is 0 Å². The van der Waals surface area contributed by atoms with Crippen LogP contribution in [0.4, 0.5) is 0 Å². The van der Waals surface area contributed by atoms with Crippen LogP contribution in [-0.2, 0) is 28.5 Å². The Bertz CT molecular complexity index is 730. The number of carbonyl (C=O) groups excluding carboxylic acids is 2. The Morgan fingerprint density at radius 1 is 0.919 bits per heavy atom. The molecule has 0 radical (unpaired) electrons. The Labute approximate surface area is 210 Å². The number of aliphatic hydroxyl groups is 10. The molecule has 2 saturated heterocycles. The van der Waals surface area contributed by atoms with Gasteiger partial charge in [-0.15, -0.1) is 0 Å². The molecule has 0 unspecified atom stereocenters. The van der Waals surface area contributed by atoms with Crippen molar-refractivity contribution in [3.05, 3.63) is 0 Å². The molecule has 14 atom stereocenters. The van der Waals surface area contributed by atoms with Crippen LogP contribution in [0.2, 0.25) is 0 Å². The predicted molar refractivity (Wildman–Crippen MR) is 114 cm³/mol. The maximum atomic E-state index is 11.6. The molecule has 2 fully saturated rings. The van der Waals surface area contributed by atoms with Gasteiger partial charge in [-0.2, -0.15) is 0 Å². The minimum Gasteiger partial charge on any atom is -0.394 e. The van der Waals surface area contributed by atoms with Gasteiger partial charge in [-0.3, -0.25) is 4.79 Å². The largest absolute Gasteiger partial charge is 0.394 e. The lowest BCUT2D eigenvalue weighted by molar-refractivity contribution is -0.359. The quantitative estimate of drug-likeness (QED) is 0.102. The van der Waals surface area contributed by atoms with Crippen molar-refractivity contribution in [2.24, 2.45) is 0 Å². The van der Waals surface area contributed by atoms with E-state index in [1.807, 2.05) is 0 Å². The molecule has 2 aliphatic rings. The van der Waals surface area contributed by atoms with Crippen molar-refractivity contribution >= 4 is 12.2 Å². The molecule has 0 spiro atoms. The van der Waals surface area contributed by atoms with Gasteiger partial charge in [-0.05, 0) is 0 Å². The standard InChI is InChI=1S/C20H35NO16/c1-6(26)21-11-15(32)13(30)9(4-24)34-19(11)37-18-14(31)10(5-25)35-20(16(18)33)36-17(8(28)3-23)12(29)7(27)2-22/h2,7-20,23-25,27-33H,3-5H2,1H3,(H,21,26)/t7-,8+,9+,10+,11+,12+,13-,14-,15+,16+,17+,18-,19+,20-/m0/s1. The molecular weight excluding hydrogens is 510 g/mol. The molecule has 17 nitrogen and oxygen atoms in total. The van der Waals surface area contributed by atoms with Crippen LogP contribution in [0.5, 0.6) is 0 Å². The molecule has 216 valence electrons. The van der Waals surface area contributed by atoms with Gasteiger partial charge < -0.3 is 80.1 Å². The summed E-state index contributed by atoms with van der Waals surface area (Å²) in [6, 6.07) is -1.46. The number of amides is 1. The minimum absolute atomic E-state index is 0.0740. The van der Waals surface area contributed by atoms with Gasteiger partial charge in [-0.25, -0.2) is 0 Å². The normalized spacial score (nSPS) is 39.9. The SMILES string of the molecule is CC(=O)N[C@H]1[C@@H](O[C@H]2[C@@H](O)[C@@H](CO)O[C@@H](O[C@@H]([C@H](O)[C@@H](O)C=O)[C@H](O)CO)[C@@H]2O)O[C@H](CO)[C@H](O)[C@@H]1O. The second-order valence-electron chi connectivity index (χ2n) is 8.71. The van der Waals surface area contributed by atoms with E-state index in [2.05, 4.69) is 5.32 Å². The number of hydrogen-bond acceptors (Lipinski definition) is 16. The zero-order valence-corrected chi connectivity index (χ0v) is 19.7. The molecule has 17 heteroatoms. The summed E-state index contributed by atoms with van der Waals surface area (Å²) in [5.74, 6) is -0.679. The molecule has 1 amide bonds. The molecule has 0 aromatic rings. The first kappa shape index (κ1) is 31.8. The summed E-state index contributed by atoms with van der Waals surface area (Å²) in [7, 11) is 0. The Hall–Kier alpha value is -1.42. The van der Waals surface area contributed by atoms with Gasteiger partial charge in [0.05, 0.1) is 19.8 Å². The van der Waals surface area contributed by atoms with Gasteiger partial charge in [0.1, 0.15) is 73.2 Å². The molecule has 0 saturated carbocycles. The predicted octanol–water partition coefficient (Wildman–Crippen LogP) is -7.59. The highest BCUT2D eigenvalue weighted by Crippen LogP contribution is 2.30. The minimum atomic E-state index is -2.11. The van der Waals surface area contributed by atoms with E-state index in [4.69, 9.17) is 18.9 Å². The Kier molecular flexibility index (Phi) is 12.1. The van der Waals surface area contributed by atoms with Crippen LogP contribution >= 0.6 is 0 Å². The summed E-state index contributed by atoms with van der Waals surface area (Å²) in [5.41, 5.74) is 0. The maximum absolute atomic E-state index is 11.6. The highest BCUT2D eigenvalue weighted by atomic mass is 16.7. The number of aliphatic hydroxyl groups excluding tert-OH is 10. The lowest BCUT2D eigenvalue weighted by atomic mass is 9.95. The topological polar surface area (TPSA) is 285 Å². The molecule has 0 aliphatic carbocycles. The van der Waals surface area contributed by atoms with E-state index >= 15 is 0 Å². The third-order valence-electron chi connectivity index (χ3n) is 6.05. The lowest BCUT2D eigenvalue weighted by Gasteiger charge is -2.47. The van der Waals surface area contributed by atoms with Crippen LogP contribution in [0.1, 0.15) is 6.92 Å². The van der Waals surface area contributed by atoms with Crippen LogP contribution < -0.4 is 5.32 Å². The molecule has 0 bridgehead atoms. The molecule has 2 aliphatic heterocycles. The van der Waals surface area contributed by atoms with Crippen molar-refractivity contribution in [1.29, 1.82) is 0 Å². The monoisotopic (exact) mass is 545 g/mol. The third kappa shape index (κ3) is 7.37. The van der Waals surface area contributed by atoms with Crippen molar-refractivity contribution < 1.29 is 79.6 Å². The molecule has 2 rings (SSSR count). The molecular formula is C20H35NO16. The number of ether oxygens (including phenoxy) is 4. The fraction of sp³-hybridized carbons (Fsp3) is 0.900. The molecule has 11 N–H and O–H groups in total. The summed E-state index contributed by atoms with van der Waals surface area (Å²) in [5, 5.41) is 103. The smallest absolute Gasteiger partial charge is 0.217 e. The van der Waals surface area contributed by atoms with Crippen molar-refractivity contribution in [1.82, 2.24) is 5.32 Å². The van der Waals surface area contributed by atoms with Gasteiger partial charge in [0, 0.05) is 6.92 Å². The first-order valence-electron chi connectivity index (χ1n) is 11.3. The number of aldehydes is 1. The maximum Gasteiger partial charge on any atom is 0.217 e. The van der Waals surface area contributed by atoms with Gasteiger partial charge in [-0.1, -0.05) is 0 Å². The summed E-state index contributed by atoms with van der Waals surface area (Å²) in [4.78, 5) is 22.5. The van der Waals surface area contributed by atoms with Crippen LogP contribution in [-0.4, -0.2) is 169 Å². The zero-order chi connectivity index (χ0) is 28.0. The van der Waals surface area contributed by atoms with Gasteiger partial charge in [0.15, 0.2) is 18.9 Å². The highest BCUT2D eigenvalue weighted by molar-refractivity contribution is 5.73. The van der Waals surface area contributed by atoms with E-state index in [1.165, 1.54) is 0 Å². The Morgan fingerprint density at radius 3 is 2.00 bits per heavy atom. The highest BCUT2D eigenvalue weighted by Gasteiger charge is 2.52. The van der Waals surface area contributed by atoms with E-state index in [0.29, 0.717) is 0 Å². The first-order chi connectivity index (χ1) is 17.4. The second-order valence-corrected chi connectivity index (χ2v) is 8.71. The van der Waals surface area contributed by atoms with Gasteiger partial charge in [0.25, 0.3) is 0 Å². The second kappa shape index (κ2) is 14.1. The Balaban J connectivity index is 2.33. The molecule has 0 aromatic heterocycles. The average Bonchev–Trinajstić information content (AvgIpc) is 2.88. The average molecular weight is 545 g/mol.